The quantitative estimate of drug-likeness (QED) is 0.568. The van der Waals surface area contributed by atoms with E-state index < -0.39 is 0 Å². The first-order chi connectivity index (χ1) is 7.33. The van der Waals surface area contributed by atoms with Gasteiger partial charge in [0.1, 0.15) is 0 Å². The molecule has 0 nitrogen and oxygen atoms in total. The van der Waals surface area contributed by atoms with Gasteiger partial charge in [0.15, 0.2) is 0 Å². The van der Waals surface area contributed by atoms with Crippen molar-refractivity contribution in [3.8, 4) is 0 Å². The Balaban J connectivity index is 0.000000531. The highest BCUT2D eigenvalue weighted by Gasteiger charge is 1.92. The van der Waals surface area contributed by atoms with Gasteiger partial charge in [0.05, 0.1) is 0 Å². The minimum Gasteiger partial charge on any atom is -0.106 e. The third-order valence-corrected chi connectivity index (χ3v) is 2.35. The van der Waals surface area contributed by atoms with E-state index in [4.69, 9.17) is 0 Å². The van der Waals surface area contributed by atoms with Crippen LogP contribution in [0.2, 0.25) is 0 Å². The average molecular weight is 196 g/mol. The monoisotopic (exact) mass is 196 g/mol. The number of rotatable bonds is 0. The molecule has 0 radical (unpaired) electrons. The van der Waals surface area contributed by atoms with Gasteiger partial charge in [-0.2, -0.15) is 0 Å². The van der Waals surface area contributed by atoms with E-state index in [1.807, 2.05) is 0 Å². The van der Waals surface area contributed by atoms with Crippen LogP contribution in [0.4, 0.5) is 0 Å². The minimum atomic E-state index is 1.10. The van der Waals surface area contributed by atoms with Crippen molar-refractivity contribution in [1.29, 1.82) is 0 Å². The van der Waals surface area contributed by atoms with E-state index in [9.17, 15) is 0 Å². The van der Waals surface area contributed by atoms with E-state index in [1.54, 1.807) is 0 Å². The molecule has 0 aliphatic carbocycles. The van der Waals surface area contributed by atoms with Crippen molar-refractivity contribution in [3.05, 3.63) is 60.0 Å². The highest BCUT2D eigenvalue weighted by Crippen LogP contribution is 2.05. The van der Waals surface area contributed by atoms with Crippen LogP contribution in [0.5, 0.6) is 0 Å². The molecule has 0 bridgehead atoms. The molecule has 0 atom stereocenters. The molecular formula is C15H16. The Morgan fingerprint density at radius 3 is 2.33 bits per heavy atom. The summed E-state index contributed by atoms with van der Waals surface area (Å²) in [5.74, 6) is 0. The highest BCUT2D eigenvalue weighted by molar-refractivity contribution is 5.83. The lowest BCUT2D eigenvalue weighted by molar-refractivity contribution is 1.58. The molecule has 0 heterocycles. The van der Waals surface area contributed by atoms with Gasteiger partial charge in [0, 0.05) is 0 Å². The second-order valence-corrected chi connectivity index (χ2v) is 3.15. The summed E-state index contributed by atoms with van der Waals surface area (Å²) in [5, 5.41) is 4.92. The molecule has 0 aliphatic heterocycles. The molecule has 2 rings (SSSR count). The summed E-state index contributed by atoms with van der Waals surface area (Å²) in [7, 11) is 0. The molecule has 2 aromatic rings. The van der Waals surface area contributed by atoms with Gasteiger partial charge >= 0.3 is 0 Å². The molecule has 0 saturated heterocycles. The molecule has 2 aromatic carbocycles. The molecule has 0 amide bonds. The molecule has 0 N–H and O–H groups in total. The van der Waals surface area contributed by atoms with E-state index >= 15 is 0 Å². The molecule has 0 spiro atoms. The fourth-order valence-corrected chi connectivity index (χ4v) is 1.68. The molecule has 0 heteroatoms. The summed E-state index contributed by atoms with van der Waals surface area (Å²) in [4.78, 5) is 0. The van der Waals surface area contributed by atoms with Gasteiger partial charge in [-0.15, -0.1) is 13.2 Å². The normalized spacial score (nSPS) is 10.9. The van der Waals surface area contributed by atoms with Crippen LogP contribution in [-0.4, -0.2) is 0 Å². The number of benzene rings is 2. The molecule has 15 heavy (non-hydrogen) atoms. The van der Waals surface area contributed by atoms with Crippen LogP contribution in [0.25, 0.3) is 23.4 Å². The van der Waals surface area contributed by atoms with E-state index in [2.05, 4.69) is 69.1 Å². The minimum absolute atomic E-state index is 1.10. The Kier molecular flexibility index (Phi) is 3.87. The van der Waals surface area contributed by atoms with Gasteiger partial charge in [0.25, 0.3) is 0 Å². The first kappa shape index (κ1) is 11.3. The van der Waals surface area contributed by atoms with E-state index in [0.717, 1.165) is 5.22 Å². The summed E-state index contributed by atoms with van der Waals surface area (Å²) < 4.78 is 0. The zero-order chi connectivity index (χ0) is 11.3. The number of hydrogen-bond donors (Lipinski definition) is 0. The van der Waals surface area contributed by atoms with Crippen molar-refractivity contribution >= 4 is 23.4 Å². The predicted molar refractivity (Wildman–Crippen MR) is 70.1 cm³/mol. The van der Waals surface area contributed by atoms with Gasteiger partial charge in [-0.05, 0) is 28.1 Å². The third-order valence-electron chi connectivity index (χ3n) is 2.35. The Morgan fingerprint density at radius 2 is 1.67 bits per heavy atom. The summed E-state index contributed by atoms with van der Waals surface area (Å²) in [6.45, 7) is 12.1. The largest absolute Gasteiger partial charge is 0.106 e. The summed E-state index contributed by atoms with van der Waals surface area (Å²) in [5.41, 5.74) is 0. The van der Waals surface area contributed by atoms with Crippen molar-refractivity contribution in [2.75, 3.05) is 0 Å². The van der Waals surface area contributed by atoms with E-state index in [0.29, 0.717) is 0 Å². The van der Waals surface area contributed by atoms with Gasteiger partial charge in [-0.1, -0.05) is 49.1 Å². The standard InChI is InChI=1S/C13H12.C2H4/c1-3-12-10(2)8-9-11-6-4-5-7-13(11)12;1-2/h3-9H,2H2,1H3;1-2H2/b12-3+;. The van der Waals surface area contributed by atoms with Crippen molar-refractivity contribution in [1.82, 2.24) is 0 Å². The first-order valence-electron chi connectivity index (χ1n) is 4.96. The number of hydrogen-bond acceptors (Lipinski definition) is 0. The van der Waals surface area contributed by atoms with Gasteiger partial charge in [-0.25, -0.2) is 0 Å². The maximum Gasteiger partial charge on any atom is -0.0109 e. The average Bonchev–Trinajstić information content (AvgIpc) is 2.32. The lowest BCUT2D eigenvalue weighted by Crippen LogP contribution is -2.22. The third kappa shape index (κ3) is 2.16. The number of fused-ring (bicyclic) bond motifs is 1. The second kappa shape index (κ2) is 5.16. The fraction of sp³-hybridized carbons (Fsp3) is 0.0667. The lowest BCUT2D eigenvalue weighted by Gasteiger charge is -1.97. The maximum absolute atomic E-state index is 4.01. The smallest absolute Gasteiger partial charge is 0.0109 e. The molecular weight excluding hydrogens is 180 g/mol. The predicted octanol–water partition coefficient (Wildman–Crippen LogP) is 2.85. The Labute approximate surface area is 90.9 Å². The Bertz CT molecular complexity index is 550. The molecule has 0 unspecified atom stereocenters. The molecule has 0 saturated carbocycles. The van der Waals surface area contributed by atoms with Crippen molar-refractivity contribution in [2.45, 2.75) is 6.92 Å². The van der Waals surface area contributed by atoms with Crippen LogP contribution in [0.1, 0.15) is 6.92 Å². The van der Waals surface area contributed by atoms with Crippen LogP contribution >= 0.6 is 0 Å². The molecule has 0 aromatic heterocycles. The summed E-state index contributed by atoms with van der Waals surface area (Å²) >= 11 is 0. The maximum atomic E-state index is 4.01. The molecule has 0 fully saturated rings. The zero-order valence-electron chi connectivity index (χ0n) is 9.16. The Hall–Kier alpha value is -1.82. The van der Waals surface area contributed by atoms with Crippen LogP contribution in [0, 0.1) is 0 Å². The van der Waals surface area contributed by atoms with Crippen molar-refractivity contribution in [2.24, 2.45) is 0 Å². The lowest BCUT2D eigenvalue weighted by atomic mass is 10.1. The Morgan fingerprint density at radius 1 is 1.00 bits per heavy atom. The van der Waals surface area contributed by atoms with E-state index in [-0.39, 0.29) is 0 Å². The van der Waals surface area contributed by atoms with Gasteiger partial charge in [-0.3, -0.25) is 0 Å². The van der Waals surface area contributed by atoms with Crippen molar-refractivity contribution in [3.63, 3.8) is 0 Å². The fourth-order valence-electron chi connectivity index (χ4n) is 1.68. The van der Waals surface area contributed by atoms with Gasteiger partial charge < -0.3 is 0 Å². The van der Waals surface area contributed by atoms with Crippen LogP contribution in [0.15, 0.2) is 49.6 Å². The van der Waals surface area contributed by atoms with Crippen LogP contribution < -0.4 is 10.4 Å². The molecule has 76 valence electrons. The van der Waals surface area contributed by atoms with E-state index in [1.165, 1.54) is 16.0 Å². The van der Waals surface area contributed by atoms with Crippen LogP contribution in [0.3, 0.4) is 0 Å². The van der Waals surface area contributed by atoms with Crippen LogP contribution in [-0.2, 0) is 0 Å². The topological polar surface area (TPSA) is 0 Å². The molecule has 0 aliphatic rings. The zero-order valence-corrected chi connectivity index (χ0v) is 9.16. The summed E-state index contributed by atoms with van der Waals surface area (Å²) in [6.07, 6.45) is 2.12. The summed E-state index contributed by atoms with van der Waals surface area (Å²) in [6, 6.07) is 12.6. The SMILES string of the molecule is C=C.C=c1ccc2ccccc2/c1=C/C. The van der Waals surface area contributed by atoms with Crippen molar-refractivity contribution < 1.29 is 0 Å². The first-order valence-corrected chi connectivity index (χ1v) is 4.96. The highest BCUT2D eigenvalue weighted by atomic mass is 14.0. The van der Waals surface area contributed by atoms with Gasteiger partial charge in [0.2, 0.25) is 0 Å². The second-order valence-electron chi connectivity index (χ2n) is 3.15.